The number of methoxy groups -OCH3 is 1. The summed E-state index contributed by atoms with van der Waals surface area (Å²) in [5, 5.41) is 3.93. The maximum atomic E-state index is 14.5. The molecule has 1 atom stereocenters. The fourth-order valence-electron chi connectivity index (χ4n) is 4.78. The van der Waals surface area contributed by atoms with Crippen molar-refractivity contribution >= 4 is 62.3 Å². The lowest BCUT2D eigenvalue weighted by Gasteiger charge is -2.34. The highest BCUT2D eigenvalue weighted by atomic mass is 35.5. The number of nitrogens with one attached hydrogen (secondary N) is 1. The Morgan fingerprint density at radius 3 is 2.07 bits per heavy atom. The summed E-state index contributed by atoms with van der Waals surface area (Å²) in [5.74, 6) is -0.526. The van der Waals surface area contributed by atoms with Gasteiger partial charge in [0, 0.05) is 24.0 Å². The largest absolute Gasteiger partial charge is 0.497 e. The summed E-state index contributed by atoms with van der Waals surface area (Å²) in [4.78, 5) is 29.6. The molecule has 0 aromatic heterocycles. The molecule has 0 saturated heterocycles. The van der Waals surface area contributed by atoms with E-state index in [1.165, 1.54) is 48.4 Å². The van der Waals surface area contributed by atoms with Crippen LogP contribution in [0.4, 0.5) is 5.69 Å². The predicted molar refractivity (Wildman–Crippen MR) is 183 cm³/mol. The first-order valence-corrected chi connectivity index (χ1v) is 17.0. The molecule has 8 nitrogen and oxygen atoms in total. The zero-order valence-corrected chi connectivity index (χ0v) is 28.6. The Morgan fingerprint density at radius 2 is 1.48 bits per heavy atom. The van der Waals surface area contributed by atoms with Crippen molar-refractivity contribution in [2.45, 2.75) is 43.8 Å². The van der Waals surface area contributed by atoms with E-state index in [0.29, 0.717) is 21.4 Å². The number of nitrogens with zero attached hydrogens (tertiary/aromatic N) is 2. The van der Waals surface area contributed by atoms with Gasteiger partial charge in [-0.2, -0.15) is 0 Å². The van der Waals surface area contributed by atoms with Crippen LogP contribution in [-0.4, -0.2) is 50.9 Å². The minimum absolute atomic E-state index is 0.0459. The highest BCUT2D eigenvalue weighted by Gasteiger charge is 2.35. The minimum atomic E-state index is -4.28. The SMILES string of the molecule is COc1ccc(S(=O)(=O)N(CC(=O)N(Cc2ccc(Cl)c(Cl)c2)[C@@H](Cc2ccccc2)C(=O)NC(C)C)c2ccc(Cl)cc2)cc1. The van der Waals surface area contributed by atoms with Gasteiger partial charge in [0.15, 0.2) is 0 Å². The number of carbonyl (C=O) groups excluding carboxylic acids is 2. The van der Waals surface area contributed by atoms with E-state index in [4.69, 9.17) is 39.5 Å². The van der Waals surface area contributed by atoms with Gasteiger partial charge in [0.1, 0.15) is 18.3 Å². The van der Waals surface area contributed by atoms with Crippen LogP contribution in [0.1, 0.15) is 25.0 Å². The molecule has 242 valence electrons. The summed E-state index contributed by atoms with van der Waals surface area (Å²) >= 11 is 18.6. The Kier molecular flexibility index (Phi) is 12.0. The van der Waals surface area contributed by atoms with E-state index >= 15 is 0 Å². The molecule has 0 aliphatic carbocycles. The summed E-state index contributed by atoms with van der Waals surface area (Å²) in [7, 11) is -2.80. The lowest BCUT2D eigenvalue weighted by atomic mass is 10.0. The average molecular weight is 703 g/mol. The van der Waals surface area contributed by atoms with E-state index < -0.39 is 28.5 Å². The molecule has 0 spiro atoms. The quantitative estimate of drug-likeness (QED) is 0.162. The number of ether oxygens (including phenoxy) is 1. The van der Waals surface area contributed by atoms with Crippen LogP contribution in [0.3, 0.4) is 0 Å². The van der Waals surface area contributed by atoms with Crippen LogP contribution in [0.5, 0.6) is 5.75 Å². The first-order valence-electron chi connectivity index (χ1n) is 14.4. The van der Waals surface area contributed by atoms with Crippen molar-refractivity contribution in [3.8, 4) is 5.75 Å². The van der Waals surface area contributed by atoms with Crippen molar-refractivity contribution in [2.75, 3.05) is 18.0 Å². The zero-order valence-electron chi connectivity index (χ0n) is 25.5. The van der Waals surface area contributed by atoms with E-state index in [0.717, 1.165) is 9.87 Å². The number of carbonyl (C=O) groups is 2. The van der Waals surface area contributed by atoms with Gasteiger partial charge < -0.3 is 15.0 Å². The third kappa shape index (κ3) is 8.94. The number of rotatable bonds is 13. The van der Waals surface area contributed by atoms with Crippen molar-refractivity contribution in [3.05, 3.63) is 123 Å². The molecule has 0 unspecified atom stereocenters. The molecule has 46 heavy (non-hydrogen) atoms. The molecule has 1 N–H and O–H groups in total. The van der Waals surface area contributed by atoms with E-state index in [1.807, 2.05) is 44.2 Å². The number of benzene rings is 4. The molecule has 2 amide bonds. The second kappa shape index (κ2) is 15.7. The van der Waals surface area contributed by atoms with Gasteiger partial charge in [-0.15, -0.1) is 0 Å². The molecule has 0 radical (unpaired) electrons. The molecule has 4 aromatic carbocycles. The number of hydrogen-bond acceptors (Lipinski definition) is 5. The smallest absolute Gasteiger partial charge is 0.264 e. The summed E-state index contributed by atoms with van der Waals surface area (Å²) < 4.78 is 34.5. The fraction of sp³-hybridized carbons (Fsp3) is 0.235. The summed E-state index contributed by atoms with van der Waals surface area (Å²) in [6.07, 6.45) is 0.179. The van der Waals surface area contributed by atoms with Gasteiger partial charge in [0.05, 0.1) is 27.7 Å². The lowest BCUT2D eigenvalue weighted by molar-refractivity contribution is -0.140. The fourth-order valence-corrected chi connectivity index (χ4v) is 6.64. The average Bonchev–Trinajstić information content (AvgIpc) is 3.03. The van der Waals surface area contributed by atoms with Crippen LogP contribution in [0.15, 0.2) is 102 Å². The van der Waals surface area contributed by atoms with Crippen LogP contribution in [-0.2, 0) is 32.6 Å². The summed E-state index contributed by atoms with van der Waals surface area (Å²) in [5.41, 5.74) is 1.64. The van der Waals surface area contributed by atoms with Gasteiger partial charge in [0.2, 0.25) is 11.8 Å². The highest BCUT2D eigenvalue weighted by Crippen LogP contribution is 2.28. The van der Waals surface area contributed by atoms with Crippen molar-refractivity contribution in [1.29, 1.82) is 0 Å². The second-order valence-electron chi connectivity index (χ2n) is 10.8. The molecule has 0 aliphatic rings. The number of anilines is 1. The normalized spacial score (nSPS) is 12.0. The van der Waals surface area contributed by atoms with Gasteiger partial charge in [-0.1, -0.05) is 71.2 Å². The standard InChI is InChI=1S/C34H34Cl3N3O5S/c1-23(2)38-34(42)32(20-24-7-5-4-6-8-24)39(21-25-9-18-30(36)31(37)19-25)33(41)22-40(27-12-10-26(35)11-13-27)46(43,44)29-16-14-28(45-3)15-17-29/h4-19,23,32H,20-22H2,1-3H3,(H,38,42)/t32-/m0/s1. The van der Waals surface area contributed by atoms with Crippen molar-refractivity contribution in [2.24, 2.45) is 0 Å². The Morgan fingerprint density at radius 1 is 0.826 bits per heavy atom. The Labute approximate surface area is 284 Å². The molecule has 4 rings (SSSR count). The maximum absolute atomic E-state index is 14.5. The van der Waals surface area contributed by atoms with E-state index in [-0.39, 0.29) is 40.5 Å². The molecule has 0 saturated carbocycles. The maximum Gasteiger partial charge on any atom is 0.264 e. The summed E-state index contributed by atoms with van der Waals surface area (Å²) in [6.45, 7) is 2.99. The molecule has 0 heterocycles. The van der Waals surface area contributed by atoms with Gasteiger partial charge in [-0.05, 0) is 85.6 Å². The molecular weight excluding hydrogens is 669 g/mol. The van der Waals surface area contributed by atoms with E-state index in [1.54, 1.807) is 30.3 Å². The van der Waals surface area contributed by atoms with Crippen LogP contribution in [0, 0.1) is 0 Å². The highest BCUT2D eigenvalue weighted by molar-refractivity contribution is 7.92. The number of hydrogen-bond donors (Lipinski definition) is 1. The molecule has 0 fully saturated rings. The summed E-state index contributed by atoms with van der Waals surface area (Å²) in [6, 6.07) is 25.0. The van der Waals surface area contributed by atoms with E-state index in [2.05, 4.69) is 5.32 Å². The molecule has 4 aromatic rings. The van der Waals surface area contributed by atoms with Gasteiger partial charge in [-0.25, -0.2) is 8.42 Å². The molecule has 12 heteroatoms. The van der Waals surface area contributed by atoms with Crippen LogP contribution in [0.2, 0.25) is 15.1 Å². The predicted octanol–water partition coefficient (Wildman–Crippen LogP) is 7.02. The molecule has 0 aliphatic heterocycles. The third-order valence-electron chi connectivity index (χ3n) is 7.08. The van der Waals surface area contributed by atoms with Gasteiger partial charge in [0.25, 0.3) is 10.0 Å². The second-order valence-corrected chi connectivity index (χ2v) is 13.9. The van der Waals surface area contributed by atoms with Crippen LogP contribution in [0.25, 0.3) is 0 Å². The van der Waals surface area contributed by atoms with Crippen molar-refractivity contribution in [3.63, 3.8) is 0 Å². The van der Waals surface area contributed by atoms with Crippen LogP contribution < -0.4 is 14.4 Å². The minimum Gasteiger partial charge on any atom is -0.497 e. The molecule has 0 bridgehead atoms. The van der Waals surface area contributed by atoms with Crippen molar-refractivity contribution < 1.29 is 22.7 Å². The number of sulfonamides is 1. The monoisotopic (exact) mass is 701 g/mol. The van der Waals surface area contributed by atoms with Gasteiger partial charge in [-0.3, -0.25) is 13.9 Å². The third-order valence-corrected chi connectivity index (χ3v) is 9.86. The van der Waals surface area contributed by atoms with Crippen LogP contribution >= 0.6 is 34.8 Å². The number of amides is 2. The first kappa shape index (κ1) is 35.1. The number of halogens is 3. The first-order chi connectivity index (χ1) is 21.9. The van der Waals surface area contributed by atoms with E-state index in [9.17, 15) is 18.0 Å². The van der Waals surface area contributed by atoms with Crippen molar-refractivity contribution in [1.82, 2.24) is 10.2 Å². The topological polar surface area (TPSA) is 96.0 Å². The molecular formula is C34H34Cl3N3O5S. The zero-order chi connectivity index (χ0) is 33.4. The Balaban J connectivity index is 1.81. The van der Waals surface area contributed by atoms with Gasteiger partial charge >= 0.3 is 0 Å². The lowest BCUT2D eigenvalue weighted by Crippen LogP contribution is -2.54. The Bertz CT molecular complexity index is 1750. The Hall–Kier alpha value is -3.76.